The number of hydrogen-bond donors (Lipinski definition) is 1. The first kappa shape index (κ1) is 27.0. The molecule has 1 aliphatic carbocycles. The van der Waals surface area contributed by atoms with E-state index in [4.69, 9.17) is 4.74 Å². The number of ether oxygens (including phenoxy) is 1. The maximum absolute atomic E-state index is 12.9. The van der Waals surface area contributed by atoms with E-state index in [2.05, 4.69) is 48.1 Å². The van der Waals surface area contributed by atoms with Gasteiger partial charge in [-0.3, -0.25) is 9.36 Å². The smallest absolute Gasteiger partial charge is 0.235 e. The van der Waals surface area contributed by atoms with E-state index in [-0.39, 0.29) is 17.8 Å². The lowest BCUT2D eigenvalue weighted by Gasteiger charge is -2.20. The van der Waals surface area contributed by atoms with Crippen LogP contribution in [0, 0.1) is 31.1 Å². The van der Waals surface area contributed by atoms with Crippen molar-refractivity contribution in [2.24, 2.45) is 5.92 Å². The summed E-state index contributed by atoms with van der Waals surface area (Å²) in [6, 6.07) is 8.30. The number of amides is 1. The lowest BCUT2D eigenvalue weighted by Crippen LogP contribution is -2.16. The molecule has 0 fully saturated rings. The summed E-state index contributed by atoms with van der Waals surface area (Å²) >= 11 is 2.86. The second kappa shape index (κ2) is 12.0. The SMILES string of the molecule is C=CCn1c(SCC(=O)Nc2sc3c(c2C#N)CCC(CC)C3)nnc1C(C)Oc1cccc(C)c1C. The molecule has 2 heterocycles. The van der Waals surface area contributed by atoms with Gasteiger partial charge in [-0.25, -0.2) is 0 Å². The number of nitriles is 1. The lowest BCUT2D eigenvalue weighted by molar-refractivity contribution is -0.113. The maximum atomic E-state index is 12.9. The summed E-state index contributed by atoms with van der Waals surface area (Å²) in [5.74, 6) is 2.13. The third-order valence-electron chi connectivity index (χ3n) is 6.92. The number of allylic oxidation sites excluding steroid dienone is 1. The molecule has 2 unspecified atom stereocenters. The minimum atomic E-state index is -0.335. The summed E-state index contributed by atoms with van der Waals surface area (Å²) in [6.07, 6.45) is 5.59. The standard InChI is InChI=1S/C28H33N5O2S2/c1-6-13-33-26(19(5)35-23-10-8-9-17(3)18(23)4)31-32-28(33)36-16-25(34)30-27-22(15-29)21-12-11-20(7-2)14-24(21)37-27/h6,8-10,19-20H,1,7,11-14,16H2,2-5H3,(H,30,34). The molecule has 0 saturated heterocycles. The van der Waals surface area contributed by atoms with Gasteiger partial charge in [-0.2, -0.15) is 5.26 Å². The van der Waals surface area contributed by atoms with Crippen molar-refractivity contribution in [2.45, 2.75) is 71.2 Å². The quantitative estimate of drug-likeness (QED) is 0.239. The number of aryl methyl sites for hydroxylation is 1. The molecule has 0 bridgehead atoms. The number of rotatable bonds is 10. The minimum Gasteiger partial charge on any atom is -0.482 e. The van der Waals surface area contributed by atoms with Gasteiger partial charge in [0.2, 0.25) is 5.91 Å². The molecule has 0 aliphatic heterocycles. The van der Waals surface area contributed by atoms with E-state index in [1.807, 2.05) is 30.5 Å². The molecule has 1 amide bonds. The summed E-state index contributed by atoms with van der Waals surface area (Å²) in [5.41, 5.74) is 4.00. The maximum Gasteiger partial charge on any atom is 0.235 e. The van der Waals surface area contributed by atoms with Gasteiger partial charge < -0.3 is 10.1 Å². The van der Waals surface area contributed by atoms with Gasteiger partial charge in [0.15, 0.2) is 17.1 Å². The number of nitrogens with zero attached hydrogens (tertiary/aromatic N) is 4. The zero-order chi connectivity index (χ0) is 26.5. The Bertz CT molecular complexity index is 1340. The highest BCUT2D eigenvalue weighted by Crippen LogP contribution is 2.40. The summed E-state index contributed by atoms with van der Waals surface area (Å²) in [7, 11) is 0. The highest BCUT2D eigenvalue weighted by atomic mass is 32.2. The number of benzene rings is 1. The fourth-order valence-corrected chi connectivity index (χ4v) is 6.69. The van der Waals surface area contributed by atoms with Crippen LogP contribution >= 0.6 is 23.1 Å². The van der Waals surface area contributed by atoms with E-state index in [1.165, 1.54) is 16.6 Å². The first-order valence-electron chi connectivity index (χ1n) is 12.6. The summed E-state index contributed by atoms with van der Waals surface area (Å²) in [6.45, 7) is 12.6. The Morgan fingerprint density at radius 3 is 2.97 bits per heavy atom. The molecule has 0 radical (unpaired) electrons. The highest BCUT2D eigenvalue weighted by Gasteiger charge is 2.26. The van der Waals surface area contributed by atoms with Crippen LogP contribution in [0.5, 0.6) is 5.75 Å². The topological polar surface area (TPSA) is 92.8 Å². The van der Waals surface area contributed by atoms with Gasteiger partial charge >= 0.3 is 0 Å². The van der Waals surface area contributed by atoms with Crippen LogP contribution in [0.3, 0.4) is 0 Å². The molecule has 1 aliphatic rings. The molecule has 2 atom stereocenters. The molecule has 3 aromatic rings. The van der Waals surface area contributed by atoms with Gasteiger partial charge in [-0.15, -0.1) is 28.1 Å². The van der Waals surface area contributed by atoms with E-state index in [0.29, 0.717) is 34.0 Å². The summed E-state index contributed by atoms with van der Waals surface area (Å²) in [4.78, 5) is 14.1. The normalized spacial score (nSPS) is 15.5. The number of thiophene rings is 1. The number of hydrogen-bond acceptors (Lipinski definition) is 7. The molecule has 0 spiro atoms. The molecule has 7 nitrogen and oxygen atoms in total. The van der Waals surface area contributed by atoms with E-state index in [0.717, 1.165) is 48.1 Å². The van der Waals surface area contributed by atoms with Gasteiger partial charge in [0.1, 0.15) is 16.8 Å². The van der Waals surface area contributed by atoms with Crippen LogP contribution in [-0.4, -0.2) is 26.4 Å². The van der Waals surface area contributed by atoms with Crippen molar-refractivity contribution in [3.05, 3.63) is 63.8 Å². The van der Waals surface area contributed by atoms with Crippen LogP contribution in [-0.2, 0) is 24.2 Å². The van der Waals surface area contributed by atoms with Crippen molar-refractivity contribution >= 4 is 34.0 Å². The largest absolute Gasteiger partial charge is 0.482 e. The minimum absolute atomic E-state index is 0.159. The first-order chi connectivity index (χ1) is 17.9. The molecular weight excluding hydrogens is 502 g/mol. The van der Waals surface area contributed by atoms with Crippen LogP contribution in [0.2, 0.25) is 0 Å². The molecule has 1 aromatic carbocycles. The van der Waals surface area contributed by atoms with Crippen LogP contribution in [0.15, 0.2) is 36.0 Å². The number of anilines is 1. The summed E-state index contributed by atoms with van der Waals surface area (Å²) in [5, 5.41) is 22.7. The zero-order valence-electron chi connectivity index (χ0n) is 21.8. The molecule has 1 N–H and O–H groups in total. The van der Waals surface area contributed by atoms with E-state index >= 15 is 0 Å². The van der Waals surface area contributed by atoms with Crippen molar-refractivity contribution < 1.29 is 9.53 Å². The third-order valence-corrected chi connectivity index (χ3v) is 9.06. The fourth-order valence-electron chi connectivity index (χ4n) is 4.61. The Hall–Kier alpha value is -3.09. The lowest BCUT2D eigenvalue weighted by atomic mass is 9.86. The Labute approximate surface area is 226 Å². The van der Waals surface area contributed by atoms with Gasteiger partial charge in [-0.05, 0) is 68.7 Å². The Morgan fingerprint density at radius 1 is 1.43 bits per heavy atom. The number of fused-ring (bicyclic) bond motifs is 1. The fraction of sp³-hybridized carbons (Fsp3) is 0.429. The Morgan fingerprint density at radius 2 is 2.24 bits per heavy atom. The van der Waals surface area contributed by atoms with E-state index < -0.39 is 0 Å². The van der Waals surface area contributed by atoms with Crippen molar-refractivity contribution in [3.8, 4) is 11.8 Å². The van der Waals surface area contributed by atoms with Crippen molar-refractivity contribution in [3.63, 3.8) is 0 Å². The predicted molar refractivity (Wildman–Crippen MR) is 149 cm³/mol. The molecule has 9 heteroatoms. The van der Waals surface area contributed by atoms with E-state index in [9.17, 15) is 10.1 Å². The zero-order valence-corrected chi connectivity index (χ0v) is 23.5. The first-order valence-corrected chi connectivity index (χ1v) is 14.4. The monoisotopic (exact) mass is 535 g/mol. The van der Waals surface area contributed by atoms with Gasteiger partial charge in [-0.1, -0.05) is 43.3 Å². The second-order valence-corrected chi connectivity index (χ2v) is 11.4. The average Bonchev–Trinajstić information content (AvgIpc) is 3.45. The van der Waals surface area contributed by atoms with Gasteiger partial charge in [0.25, 0.3) is 0 Å². The van der Waals surface area contributed by atoms with Crippen LogP contribution in [0.25, 0.3) is 0 Å². The van der Waals surface area contributed by atoms with Crippen molar-refractivity contribution in [1.29, 1.82) is 5.26 Å². The summed E-state index contributed by atoms with van der Waals surface area (Å²) < 4.78 is 8.15. The average molecular weight is 536 g/mol. The van der Waals surface area contributed by atoms with E-state index in [1.54, 1.807) is 17.4 Å². The Kier molecular flexibility index (Phi) is 8.72. The third kappa shape index (κ3) is 5.91. The van der Waals surface area contributed by atoms with Crippen LogP contribution in [0.4, 0.5) is 5.00 Å². The molecule has 2 aromatic heterocycles. The molecule has 37 heavy (non-hydrogen) atoms. The number of carbonyl (C=O) groups is 1. The highest BCUT2D eigenvalue weighted by molar-refractivity contribution is 7.99. The molecule has 0 saturated carbocycles. The number of nitrogens with one attached hydrogen (secondary N) is 1. The number of thioether (sulfide) groups is 1. The Balaban J connectivity index is 1.44. The van der Waals surface area contributed by atoms with Crippen molar-refractivity contribution in [1.82, 2.24) is 14.8 Å². The van der Waals surface area contributed by atoms with Crippen LogP contribution in [0.1, 0.15) is 65.7 Å². The molecular formula is C28H33N5O2S2. The van der Waals surface area contributed by atoms with Gasteiger partial charge in [0.05, 0.1) is 11.3 Å². The number of aromatic nitrogens is 3. The molecule has 4 rings (SSSR count). The van der Waals surface area contributed by atoms with Crippen LogP contribution < -0.4 is 10.1 Å². The molecule has 194 valence electrons. The second-order valence-electron chi connectivity index (χ2n) is 9.37. The van der Waals surface area contributed by atoms with Crippen molar-refractivity contribution in [2.75, 3.05) is 11.1 Å². The number of carbonyl (C=O) groups excluding carboxylic acids is 1. The predicted octanol–water partition coefficient (Wildman–Crippen LogP) is 6.40. The van der Waals surface area contributed by atoms with Gasteiger partial charge in [0, 0.05) is 11.4 Å².